The number of rotatable bonds is 7. The second-order valence-corrected chi connectivity index (χ2v) is 5.70. The summed E-state index contributed by atoms with van der Waals surface area (Å²) in [6.45, 7) is 6.66. The maximum atomic E-state index is 12.4. The summed E-state index contributed by atoms with van der Waals surface area (Å²) in [5.41, 5.74) is 1.12. The molecule has 0 fully saturated rings. The third kappa shape index (κ3) is 5.16. The summed E-state index contributed by atoms with van der Waals surface area (Å²) < 4.78 is 4.77. The van der Waals surface area contributed by atoms with E-state index in [0.717, 1.165) is 25.0 Å². The largest absolute Gasteiger partial charge is 0.468 e. The maximum absolute atomic E-state index is 12.4. The molecule has 1 aliphatic rings. The molecule has 0 heterocycles. The molecule has 1 amide bonds. The molecule has 0 radical (unpaired) electrons. The highest BCUT2D eigenvalue weighted by Gasteiger charge is 2.25. The zero-order valence-electron chi connectivity index (χ0n) is 13.6. The van der Waals surface area contributed by atoms with Crippen molar-refractivity contribution in [3.05, 3.63) is 11.8 Å². The topological polar surface area (TPSA) is 58.6 Å². The summed E-state index contributed by atoms with van der Waals surface area (Å²) in [7, 11) is 1.37. The minimum Gasteiger partial charge on any atom is -0.468 e. The Hall–Kier alpha value is -1.36. The van der Waals surface area contributed by atoms with E-state index in [0.29, 0.717) is 6.54 Å². The highest BCUT2D eigenvalue weighted by Crippen LogP contribution is 2.20. The number of nitrogens with zero attached hydrogens (tertiary/aromatic N) is 1. The third-order valence-electron chi connectivity index (χ3n) is 3.83. The van der Waals surface area contributed by atoms with Gasteiger partial charge in [0.05, 0.1) is 13.7 Å². The monoisotopic (exact) mass is 296 g/mol. The molecule has 0 spiro atoms. The van der Waals surface area contributed by atoms with E-state index < -0.39 is 6.04 Å². The minimum atomic E-state index is -0.446. The van der Waals surface area contributed by atoms with E-state index in [9.17, 15) is 9.59 Å². The van der Waals surface area contributed by atoms with Crippen molar-refractivity contribution in [2.75, 3.05) is 20.2 Å². The van der Waals surface area contributed by atoms with Gasteiger partial charge in [0.25, 0.3) is 0 Å². The van der Waals surface area contributed by atoms with E-state index in [1.54, 1.807) is 0 Å². The molecule has 0 aromatic rings. The number of ether oxygens (including phenoxy) is 1. The molecule has 21 heavy (non-hydrogen) atoms. The predicted molar refractivity (Wildman–Crippen MR) is 82.6 cm³/mol. The lowest BCUT2D eigenvalue weighted by atomic mass is 10.0. The maximum Gasteiger partial charge on any atom is 0.323 e. The van der Waals surface area contributed by atoms with Crippen LogP contribution >= 0.6 is 0 Å². The van der Waals surface area contributed by atoms with Crippen LogP contribution in [0.3, 0.4) is 0 Å². The van der Waals surface area contributed by atoms with Crippen LogP contribution in [0.5, 0.6) is 0 Å². The average molecular weight is 296 g/mol. The normalized spacial score (nSPS) is 16.3. The van der Waals surface area contributed by atoms with Crippen molar-refractivity contribution in [2.45, 2.75) is 52.5 Å². The fraction of sp³-hybridized carbons (Fsp3) is 0.750. The molecule has 0 bridgehead atoms. The number of methoxy groups -OCH3 is 1. The number of nitrogens with one attached hydrogen (secondary N) is 1. The van der Waals surface area contributed by atoms with Gasteiger partial charge in [-0.15, -0.1) is 0 Å². The smallest absolute Gasteiger partial charge is 0.323 e. The Morgan fingerprint density at radius 2 is 2.10 bits per heavy atom. The van der Waals surface area contributed by atoms with Gasteiger partial charge in [-0.1, -0.05) is 19.9 Å². The summed E-state index contributed by atoms with van der Waals surface area (Å²) >= 11 is 0. The first-order valence-corrected chi connectivity index (χ1v) is 7.81. The van der Waals surface area contributed by atoms with Crippen molar-refractivity contribution in [3.8, 4) is 0 Å². The highest BCUT2D eigenvalue weighted by atomic mass is 16.5. The van der Waals surface area contributed by atoms with E-state index in [-0.39, 0.29) is 24.3 Å². The third-order valence-corrected chi connectivity index (χ3v) is 3.83. The number of carbonyl (C=O) groups excluding carboxylic acids is 2. The second kappa shape index (κ2) is 8.82. The number of hydrogen-bond acceptors (Lipinski definition) is 4. The average Bonchev–Trinajstić information content (AvgIpc) is 2.48. The molecule has 0 aromatic heterocycles. The molecule has 0 saturated carbocycles. The van der Waals surface area contributed by atoms with Crippen LogP contribution in [0, 0.1) is 5.92 Å². The van der Waals surface area contributed by atoms with Crippen molar-refractivity contribution in [1.82, 2.24) is 10.2 Å². The first-order chi connectivity index (χ1) is 10.0. The number of amides is 1. The molecule has 1 atom stereocenters. The van der Waals surface area contributed by atoms with Crippen LogP contribution < -0.4 is 5.32 Å². The van der Waals surface area contributed by atoms with Gasteiger partial charge >= 0.3 is 5.97 Å². The van der Waals surface area contributed by atoms with Gasteiger partial charge in [-0.3, -0.25) is 14.9 Å². The molecule has 1 N–H and O–H groups in total. The molecule has 1 unspecified atom stereocenters. The molecule has 1 rings (SSSR count). The lowest BCUT2D eigenvalue weighted by Crippen LogP contribution is -2.47. The zero-order valence-corrected chi connectivity index (χ0v) is 13.6. The Balaban J connectivity index is 2.61. The summed E-state index contributed by atoms with van der Waals surface area (Å²) in [5.74, 6) is -0.229. The van der Waals surface area contributed by atoms with E-state index in [1.165, 1.54) is 13.5 Å². The number of likely N-dealkylation sites (N-methyl/N-ethyl adjacent to an activating group) is 1. The van der Waals surface area contributed by atoms with E-state index in [2.05, 4.69) is 11.4 Å². The Bertz CT molecular complexity index is 391. The number of hydrogen-bond donors (Lipinski definition) is 1. The van der Waals surface area contributed by atoms with Crippen LogP contribution in [-0.2, 0) is 14.3 Å². The molecule has 1 aliphatic carbocycles. The van der Waals surface area contributed by atoms with Gasteiger partial charge in [-0.25, -0.2) is 0 Å². The van der Waals surface area contributed by atoms with Gasteiger partial charge in [0, 0.05) is 12.2 Å². The minimum absolute atomic E-state index is 0.0141. The van der Waals surface area contributed by atoms with E-state index >= 15 is 0 Å². The van der Waals surface area contributed by atoms with Crippen molar-refractivity contribution < 1.29 is 14.3 Å². The fourth-order valence-corrected chi connectivity index (χ4v) is 2.62. The summed E-state index contributed by atoms with van der Waals surface area (Å²) in [4.78, 5) is 25.9. The zero-order chi connectivity index (χ0) is 15.8. The molecule has 0 saturated heterocycles. The molecular weight excluding hydrogens is 268 g/mol. The predicted octanol–water partition coefficient (Wildman–Crippen LogP) is 2.08. The standard InChI is InChI=1S/C16H28N2O3/c1-5-18(13-9-7-6-8-10-13)14(19)11-17-15(12(2)3)16(20)21-4/h9,12,15,17H,5-8,10-11H2,1-4H3. The van der Waals surface area contributed by atoms with Crippen molar-refractivity contribution >= 4 is 11.9 Å². The van der Waals surface area contributed by atoms with Gasteiger partial charge in [-0.05, 0) is 38.5 Å². The summed E-state index contributed by atoms with van der Waals surface area (Å²) in [5, 5.41) is 3.03. The fourth-order valence-electron chi connectivity index (χ4n) is 2.62. The quantitative estimate of drug-likeness (QED) is 0.731. The van der Waals surface area contributed by atoms with Crippen LogP contribution in [-0.4, -0.2) is 43.0 Å². The molecule has 5 heteroatoms. The highest BCUT2D eigenvalue weighted by molar-refractivity contribution is 5.82. The van der Waals surface area contributed by atoms with Crippen LogP contribution in [0.1, 0.15) is 46.5 Å². The first-order valence-electron chi connectivity index (χ1n) is 7.81. The summed E-state index contributed by atoms with van der Waals surface area (Å²) in [6, 6.07) is -0.446. The Kier molecular flexibility index (Phi) is 7.43. The number of allylic oxidation sites excluding steroid dienone is 2. The van der Waals surface area contributed by atoms with Crippen LogP contribution in [0.25, 0.3) is 0 Å². The first kappa shape index (κ1) is 17.7. The molecule has 0 aliphatic heterocycles. The Morgan fingerprint density at radius 3 is 2.57 bits per heavy atom. The van der Waals surface area contributed by atoms with Gasteiger partial charge in [-0.2, -0.15) is 0 Å². The van der Waals surface area contributed by atoms with Gasteiger partial charge in [0.1, 0.15) is 6.04 Å². The Labute approximate surface area is 127 Å². The second-order valence-electron chi connectivity index (χ2n) is 5.70. The molecule has 120 valence electrons. The molecule has 0 aromatic carbocycles. The van der Waals surface area contributed by atoms with Gasteiger partial charge in [0.15, 0.2) is 0 Å². The van der Waals surface area contributed by atoms with E-state index in [1.807, 2.05) is 25.7 Å². The van der Waals surface area contributed by atoms with Crippen LogP contribution in [0.2, 0.25) is 0 Å². The van der Waals surface area contributed by atoms with Gasteiger partial charge in [0.2, 0.25) is 5.91 Å². The van der Waals surface area contributed by atoms with Gasteiger partial charge < -0.3 is 9.64 Å². The van der Waals surface area contributed by atoms with Crippen molar-refractivity contribution in [2.24, 2.45) is 5.92 Å². The molecule has 5 nitrogen and oxygen atoms in total. The van der Waals surface area contributed by atoms with Crippen LogP contribution in [0.4, 0.5) is 0 Å². The lowest BCUT2D eigenvalue weighted by molar-refractivity contribution is -0.144. The summed E-state index contributed by atoms with van der Waals surface area (Å²) in [6.07, 6.45) is 6.50. The number of esters is 1. The SMILES string of the molecule is CCN(C(=O)CNC(C(=O)OC)C(C)C)C1=CCCCC1. The van der Waals surface area contributed by atoms with Crippen molar-refractivity contribution in [3.63, 3.8) is 0 Å². The van der Waals surface area contributed by atoms with Crippen LogP contribution in [0.15, 0.2) is 11.8 Å². The number of carbonyl (C=O) groups is 2. The Morgan fingerprint density at radius 1 is 1.38 bits per heavy atom. The van der Waals surface area contributed by atoms with E-state index in [4.69, 9.17) is 4.74 Å². The van der Waals surface area contributed by atoms with Crippen molar-refractivity contribution in [1.29, 1.82) is 0 Å². The molecular formula is C16H28N2O3. The lowest BCUT2D eigenvalue weighted by Gasteiger charge is -2.28.